The Morgan fingerprint density at radius 1 is 1.22 bits per heavy atom. The highest BCUT2D eigenvalue weighted by Gasteiger charge is 2.23. The second-order valence-electron chi connectivity index (χ2n) is 4.73. The molecule has 0 saturated carbocycles. The largest absolute Gasteiger partial charge is 0.355 e. The summed E-state index contributed by atoms with van der Waals surface area (Å²) >= 11 is 0. The van der Waals surface area contributed by atoms with Gasteiger partial charge in [0.1, 0.15) is 0 Å². The van der Waals surface area contributed by atoms with Crippen LogP contribution in [0.5, 0.6) is 0 Å². The lowest BCUT2D eigenvalue weighted by atomic mass is 10.2. The van der Waals surface area contributed by atoms with Gasteiger partial charge in [-0.05, 0) is 19.3 Å². The summed E-state index contributed by atoms with van der Waals surface area (Å²) in [7, 11) is -3.18. The Bertz CT molecular complexity index is 348. The van der Waals surface area contributed by atoms with Crippen LogP contribution < -0.4 is 5.32 Å². The molecule has 5 nitrogen and oxygen atoms in total. The first-order valence-corrected chi connectivity index (χ1v) is 8.41. The number of amides is 1. The van der Waals surface area contributed by atoms with E-state index >= 15 is 0 Å². The first kappa shape index (κ1) is 15.4. The number of carbonyl (C=O) groups is 1. The molecule has 1 saturated heterocycles. The van der Waals surface area contributed by atoms with E-state index in [0.717, 1.165) is 32.1 Å². The van der Waals surface area contributed by atoms with Crippen LogP contribution in [0, 0.1) is 0 Å². The smallest absolute Gasteiger partial charge is 0.220 e. The van der Waals surface area contributed by atoms with E-state index in [0.29, 0.717) is 19.5 Å². The second kappa shape index (κ2) is 7.74. The van der Waals surface area contributed by atoms with Gasteiger partial charge < -0.3 is 5.32 Å². The van der Waals surface area contributed by atoms with E-state index in [1.807, 2.05) is 6.92 Å². The molecule has 1 aliphatic rings. The third-order valence-electron chi connectivity index (χ3n) is 3.15. The molecule has 0 aromatic carbocycles. The molecular weight excluding hydrogens is 252 g/mol. The SMILES string of the molecule is CCCCC(=O)NCCS(=O)(=O)N1CCCCC1. The number of hydrogen-bond acceptors (Lipinski definition) is 3. The van der Waals surface area contributed by atoms with Crippen molar-refractivity contribution < 1.29 is 13.2 Å². The predicted molar refractivity (Wildman–Crippen MR) is 71.7 cm³/mol. The Morgan fingerprint density at radius 3 is 2.50 bits per heavy atom. The number of nitrogens with one attached hydrogen (secondary N) is 1. The third kappa shape index (κ3) is 5.35. The van der Waals surface area contributed by atoms with Crippen LogP contribution in [0.25, 0.3) is 0 Å². The maximum atomic E-state index is 12.0. The summed E-state index contributed by atoms with van der Waals surface area (Å²) in [5.74, 6) is -0.0316. The van der Waals surface area contributed by atoms with Crippen LogP contribution in [0.15, 0.2) is 0 Å². The van der Waals surface area contributed by atoms with Crippen molar-refractivity contribution in [3.8, 4) is 0 Å². The molecule has 0 atom stereocenters. The van der Waals surface area contributed by atoms with Gasteiger partial charge in [-0.15, -0.1) is 0 Å². The molecule has 1 N–H and O–H groups in total. The van der Waals surface area contributed by atoms with Crippen molar-refractivity contribution in [3.05, 3.63) is 0 Å². The lowest BCUT2D eigenvalue weighted by Crippen LogP contribution is -2.40. The normalized spacial score (nSPS) is 17.6. The number of rotatable bonds is 7. The highest BCUT2D eigenvalue weighted by molar-refractivity contribution is 7.89. The molecule has 0 aromatic rings. The fourth-order valence-corrected chi connectivity index (χ4v) is 3.45. The van der Waals surface area contributed by atoms with Gasteiger partial charge in [-0.1, -0.05) is 19.8 Å². The molecule has 0 aromatic heterocycles. The number of piperidine rings is 1. The van der Waals surface area contributed by atoms with Crippen LogP contribution in [-0.4, -0.2) is 44.0 Å². The zero-order chi connectivity index (χ0) is 13.4. The number of hydrogen-bond donors (Lipinski definition) is 1. The molecule has 1 fully saturated rings. The van der Waals surface area contributed by atoms with Gasteiger partial charge in [0.15, 0.2) is 0 Å². The minimum absolute atomic E-state index is 0.0187. The van der Waals surface area contributed by atoms with Gasteiger partial charge in [0.2, 0.25) is 15.9 Å². The van der Waals surface area contributed by atoms with Crippen LogP contribution in [0.2, 0.25) is 0 Å². The molecule has 0 radical (unpaired) electrons. The molecule has 6 heteroatoms. The maximum Gasteiger partial charge on any atom is 0.220 e. The van der Waals surface area contributed by atoms with E-state index in [4.69, 9.17) is 0 Å². The minimum Gasteiger partial charge on any atom is -0.355 e. The van der Waals surface area contributed by atoms with Gasteiger partial charge in [-0.3, -0.25) is 4.79 Å². The van der Waals surface area contributed by atoms with Gasteiger partial charge >= 0.3 is 0 Å². The van der Waals surface area contributed by atoms with Crippen molar-refractivity contribution >= 4 is 15.9 Å². The highest BCUT2D eigenvalue weighted by Crippen LogP contribution is 2.12. The van der Waals surface area contributed by atoms with Gasteiger partial charge in [0.25, 0.3) is 0 Å². The van der Waals surface area contributed by atoms with Crippen molar-refractivity contribution in [1.29, 1.82) is 0 Å². The Morgan fingerprint density at radius 2 is 1.89 bits per heavy atom. The molecule has 1 rings (SSSR count). The molecule has 1 amide bonds. The Kier molecular flexibility index (Phi) is 6.63. The molecular formula is C12H24N2O3S. The second-order valence-corrected chi connectivity index (χ2v) is 6.82. The third-order valence-corrected chi connectivity index (χ3v) is 5.02. The summed E-state index contributed by atoms with van der Waals surface area (Å²) in [6.45, 7) is 3.51. The summed E-state index contributed by atoms with van der Waals surface area (Å²) in [6, 6.07) is 0. The molecule has 1 aliphatic heterocycles. The van der Waals surface area contributed by atoms with Crippen molar-refractivity contribution in [2.24, 2.45) is 0 Å². The van der Waals surface area contributed by atoms with E-state index in [-0.39, 0.29) is 18.2 Å². The first-order valence-electron chi connectivity index (χ1n) is 6.81. The van der Waals surface area contributed by atoms with Gasteiger partial charge in [0.05, 0.1) is 5.75 Å². The molecule has 1 heterocycles. The summed E-state index contributed by atoms with van der Waals surface area (Å²) in [6.07, 6.45) is 5.31. The van der Waals surface area contributed by atoms with Gasteiger partial charge in [0, 0.05) is 26.1 Å². The minimum atomic E-state index is -3.18. The van der Waals surface area contributed by atoms with Crippen molar-refractivity contribution in [2.45, 2.75) is 45.4 Å². The monoisotopic (exact) mass is 276 g/mol. The average Bonchev–Trinajstić information content (AvgIpc) is 2.37. The number of unbranched alkanes of at least 4 members (excludes halogenated alkanes) is 1. The van der Waals surface area contributed by atoms with Crippen molar-refractivity contribution in [3.63, 3.8) is 0 Å². The van der Waals surface area contributed by atoms with Crippen LogP contribution in [0.4, 0.5) is 0 Å². The fraction of sp³-hybridized carbons (Fsp3) is 0.917. The zero-order valence-electron chi connectivity index (χ0n) is 11.2. The quantitative estimate of drug-likeness (QED) is 0.757. The summed E-state index contributed by atoms with van der Waals surface area (Å²) in [5, 5.41) is 2.67. The highest BCUT2D eigenvalue weighted by atomic mass is 32.2. The summed E-state index contributed by atoms with van der Waals surface area (Å²) < 4.78 is 25.5. The average molecular weight is 276 g/mol. The fourth-order valence-electron chi connectivity index (χ4n) is 2.02. The van der Waals surface area contributed by atoms with Crippen LogP contribution >= 0.6 is 0 Å². The van der Waals surface area contributed by atoms with E-state index in [2.05, 4.69) is 5.32 Å². The molecule has 0 bridgehead atoms. The Hall–Kier alpha value is -0.620. The van der Waals surface area contributed by atoms with Gasteiger partial charge in [-0.25, -0.2) is 12.7 Å². The van der Waals surface area contributed by atoms with Crippen LogP contribution in [0.3, 0.4) is 0 Å². The topological polar surface area (TPSA) is 66.5 Å². The number of carbonyl (C=O) groups excluding carboxylic acids is 1. The zero-order valence-corrected chi connectivity index (χ0v) is 12.0. The molecule has 0 aliphatic carbocycles. The van der Waals surface area contributed by atoms with Crippen molar-refractivity contribution in [2.75, 3.05) is 25.4 Å². The standard InChI is InChI=1S/C12H24N2O3S/c1-2-3-7-12(15)13-8-11-18(16,17)14-9-5-4-6-10-14/h2-11H2,1H3,(H,13,15). The first-order chi connectivity index (χ1) is 8.56. The molecule has 106 valence electrons. The summed E-state index contributed by atoms with van der Waals surface area (Å²) in [4.78, 5) is 11.3. The summed E-state index contributed by atoms with van der Waals surface area (Å²) in [5.41, 5.74) is 0. The maximum absolute atomic E-state index is 12.0. The lowest BCUT2D eigenvalue weighted by Gasteiger charge is -2.25. The Labute approximate surface area is 110 Å². The van der Waals surface area contributed by atoms with E-state index in [1.165, 1.54) is 0 Å². The molecule has 0 spiro atoms. The number of nitrogens with zero attached hydrogens (tertiary/aromatic N) is 1. The van der Waals surface area contributed by atoms with Crippen molar-refractivity contribution in [1.82, 2.24) is 9.62 Å². The van der Waals surface area contributed by atoms with E-state index in [1.54, 1.807) is 4.31 Å². The van der Waals surface area contributed by atoms with Gasteiger partial charge in [-0.2, -0.15) is 0 Å². The van der Waals surface area contributed by atoms with E-state index in [9.17, 15) is 13.2 Å². The molecule has 0 unspecified atom stereocenters. The van der Waals surface area contributed by atoms with Crippen LogP contribution in [0.1, 0.15) is 45.4 Å². The molecule has 18 heavy (non-hydrogen) atoms. The van der Waals surface area contributed by atoms with E-state index < -0.39 is 10.0 Å². The lowest BCUT2D eigenvalue weighted by molar-refractivity contribution is -0.121. The predicted octanol–water partition coefficient (Wildman–Crippen LogP) is 1.11. The Balaban J connectivity index is 2.26. The van der Waals surface area contributed by atoms with Crippen LogP contribution in [-0.2, 0) is 14.8 Å². The number of sulfonamides is 1.